The first-order chi connectivity index (χ1) is 8.93. The second-order valence-electron chi connectivity index (χ2n) is 5.42. The van der Waals surface area contributed by atoms with Gasteiger partial charge in [0.1, 0.15) is 0 Å². The van der Waals surface area contributed by atoms with Crippen LogP contribution in [0.2, 0.25) is 5.02 Å². The number of benzene rings is 1. The van der Waals surface area contributed by atoms with Crippen molar-refractivity contribution < 1.29 is 0 Å². The number of anilines is 1. The van der Waals surface area contributed by atoms with Gasteiger partial charge in [-0.25, -0.2) is 4.68 Å². The molecule has 0 saturated carbocycles. The Morgan fingerprint density at radius 1 is 1.37 bits per heavy atom. The molecule has 0 atom stereocenters. The van der Waals surface area contributed by atoms with E-state index in [1.54, 1.807) is 22.9 Å². The third-order valence-electron chi connectivity index (χ3n) is 3.30. The number of hydrogen-bond acceptors (Lipinski definition) is 4. The van der Waals surface area contributed by atoms with Crippen LogP contribution in [0.4, 0.5) is 5.69 Å². The summed E-state index contributed by atoms with van der Waals surface area (Å²) in [6.07, 6.45) is 1.04. The Labute approximate surface area is 117 Å². The van der Waals surface area contributed by atoms with Crippen LogP contribution in [0.3, 0.4) is 0 Å². The van der Waals surface area contributed by atoms with E-state index in [0.29, 0.717) is 16.5 Å². The first kappa shape index (κ1) is 13.8. The van der Waals surface area contributed by atoms with Gasteiger partial charge in [0.15, 0.2) is 5.82 Å². The summed E-state index contributed by atoms with van der Waals surface area (Å²) in [5.41, 5.74) is 7.33. The first-order valence-electron chi connectivity index (χ1n) is 6.24. The molecule has 0 aliphatic heterocycles. The molecule has 0 bridgehead atoms. The van der Waals surface area contributed by atoms with Crippen LogP contribution >= 0.6 is 11.6 Å². The van der Waals surface area contributed by atoms with Gasteiger partial charge in [0.05, 0.1) is 11.6 Å². The van der Waals surface area contributed by atoms with Crippen LogP contribution in [0.5, 0.6) is 0 Å². The zero-order valence-electron chi connectivity index (χ0n) is 11.4. The van der Waals surface area contributed by atoms with Gasteiger partial charge in [0.25, 0.3) is 0 Å². The number of halogens is 1. The molecule has 0 radical (unpaired) electrons. The van der Waals surface area contributed by atoms with Gasteiger partial charge in [0.2, 0.25) is 0 Å². The van der Waals surface area contributed by atoms with Crippen LogP contribution in [0.25, 0.3) is 11.4 Å². The summed E-state index contributed by atoms with van der Waals surface area (Å²) in [7, 11) is 0. The first-order valence-corrected chi connectivity index (χ1v) is 6.62. The van der Waals surface area contributed by atoms with Crippen molar-refractivity contribution in [2.45, 2.75) is 33.7 Å². The standard InChI is InChI=1S/C13H18ClN5/c1-4-13(2,3)8-19-12(16-17-18-19)10-7-9(15)5-6-11(10)14/h5-7H,4,8,15H2,1-3H3. The van der Waals surface area contributed by atoms with E-state index in [-0.39, 0.29) is 5.41 Å². The fourth-order valence-corrected chi connectivity index (χ4v) is 1.94. The lowest BCUT2D eigenvalue weighted by molar-refractivity contribution is 0.279. The van der Waals surface area contributed by atoms with Gasteiger partial charge in [0, 0.05) is 11.3 Å². The molecular formula is C13H18ClN5. The maximum Gasteiger partial charge on any atom is 0.183 e. The lowest BCUT2D eigenvalue weighted by Gasteiger charge is -2.22. The molecule has 2 N–H and O–H groups in total. The predicted molar refractivity (Wildman–Crippen MR) is 76.7 cm³/mol. The number of nitrogens with zero attached hydrogens (tertiary/aromatic N) is 4. The molecule has 1 aromatic heterocycles. The summed E-state index contributed by atoms with van der Waals surface area (Å²) in [5, 5.41) is 12.5. The van der Waals surface area contributed by atoms with E-state index in [9.17, 15) is 0 Å². The molecule has 0 saturated heterocycles. The SMILES string of the molecule is CCC(C)(C)Cn1nnnc1-c1cc(N)ccc1Cl. The van der Waals surface area contributed by atoms with Crippen molar-refractivity contribution in [3.8, 4) is 11.4 Å². The minimum absolute atomic E-state index is 0.122. The van der Waals surface area contributed by atoms with Crippen LogP contribution in [0, 0.1) is 5.41 Å². The lowest BCUT2D eigenvalue weighted by Crippen LogP contribution is -2.20. The minimum atomic E-state index is 0.122. The van der Waals surface area contributed by atoms with Crippen LogP contribution in [-0.4, -0.2) is 20.2 Å². The van der Waals surface area contributed by atoms with E-state index in [0.717, 1.165) is 18.5 Å². The quantitative estimate of drug-likeness (QED) is 0.874. The van der Waals surface area contributed by atoms with E-state index >= 15 is 0 Å². The van der Waals surface area contributed by atoms with Crippen LogP contribution in [0.15, 0.2) is 18.2 Å². The minimum Gasteiger partial charge on any atom is -0.399 e. The van der Waals surface area contributed by atoms with Crippen molar-refractivity contribution >= 4 is 17.3 Å². The molecule has 1 aromatic carbocycles. The Morgan fingerprint density at radius 2 is 2.11 bits per heavy atom. The highest BCUT2D eigenvalue weighted by Crippen LogP contribution is 2.30. The summed E-state index contributed by atoms with van der Waals surface area (Å²) in [5.74, 6) is 0.652. The maximum absolute atomic E-state index is 6.20. The lowest BCUT2D eigenvalue weighted by atomic mass is 9.90. The zero-order chi connectivity index (χ0) is 14.0. The Balaban J connectivity index is 2.42. The summed E-state index contributed by atoms with van der Waals surface area (Å²) >= 11 is 6.20. The number of nitrogen functional groups attached to an aromatic ring is 1. The highest BCUT2D eigenvalue weighted by Gasteiger charge is 2.20. The highest BCUT2D eigenvalue weighted by molar-refractivity contribution is 6.33. The second-order valence-corrected chi connectivity index (χ2v) is 5.82. The molecular weight excluding hydrogens is 262 g/mol. The summed E-state index contributed by atoms with van der Waals surface area (Å²) in [4.78, 5) is 0. The number of hydrogen-bond donors (Lipinski definition) is 1. The second kappa shape index (κ2) is 5.17. The van der Waals surface area contributed by atoms with Crippen molar-refractivity contribution in [2.75, 3.05) is 5.73 Å². The van der Waals surface area contributed by atoms with Gasteiger partial charge in [-0.05, 0) is 40.5 Å². The summed E-state index contributed by atoms with van der Waals surface area (Å²) in [6, 6.07) is 5.32. The van der Waals surface area contributed by atoms with E-state index < -0.39 is 0 Å². The predicted octanol–water partition coefficient (Wildman–Crippen LogP) is 3.01. The molecule has 0 aliphatic carbocycles. The Kier molecular flexibility index (Phi) is 3.75. The molecule has 19 heavy (non-hydrogen) atoms. The van der Waals surface area contributed by atoms with Gasteiger partial charge >= 0.3 is 0 Å². The molecule has 0 aliphatic rings. The van der Waals surface area contributed by atoms with E-state index in [1.807, 2.05) is 0 Å². The van der Waals surface area contributed by atoms with Crippen molar-refractivity contribution in [1.82, 2.24) is 20.2 Å². The fourth-order valence-electron chi connectivity index (χ4n) is 1.74. The van der Waals surface area contributed by atoms with Crippen LogP contribution < -0.4 is 5.73 Å². The van der Waals surface area contributed by atoms with Gasteiger partial charge in [-0.15, -0.1) is 5.10 Å². The third kappa shape index (κ3) is 3.04. The number of rotatable bonds is 4. The Hall–Kier alpha value is -1.62. The number of nitrogens with two attached hydrogens (primary N) is 1. The van der Waals surface area contributed by atoms with Gasteiger partial charge in [-0.2, -0.15) is 0 Å². The van der Waals surface area contributed by atoms with Crippen molar-refractivity contribution in [2.24, 2.45) is 5.41 Å². The van der Waals surface area contributed by atoms with Crippen LogP contribution in [0.1, 0.15) is 27.2 Å². The fraction of sp³-hybridized carbons (Fsp3) is 0.462. The average Bonchev–Trinajstić information content (AvgIpc) is 2.79. The topological polar surface area (TPSA) is 69.6 Å². The molecule has 0 amide bonds. The number of tetrazole rings is 1. The molecule has 5 nitrogen and oxygen atoms in total. The smallest absolute Gasteiger partial charge is 0.183 e. The molecule has 6 heteroatoms. The van der Waals surface area contributed by atoms with Gasteiger partial charge in [-0.3, -0.25) is 0 Å². The highest BCUT2D eigenvalue weighted by atomic mass is 35.5. The zero-order valence-corrected chi connectivity index (χ0v) is 12.1. The van der Waals surface area contributed by atoms with Crippen molar-refractivity contribution in [3.05, 3.63) is 23.2 Å². The van der Waals surface area contributed by atoms with Gasteiger partial charge < -0.3 is 5.73 Å². The van der Waals surface area contributed by atoms with Gasteiger partial charge in [-0.1, -0.05) is 32.4 Å². The normalized spacial score (nSPS) is 11.8. The molecule has 102 valence electrons. The monoisotopic (exact) mass is 279 g/mol. The van der Waals surface area contributed by atoms with Crippen molar-refractivity contribution in [1.29, 1.82) is 0 Å². The van der Waals surface area contributed by atoms with Crippen LogP contribution in [-0.2, 0) is 6.54 Å². The Bertz CT molecular complexity index is 576. The molecule has 2 aromatic rings. The molecule has 0 spiro atoms. The summed E-state index contributed by atoms with van der Waals surface area (Å²) in [6.45, 7) is 7.24. The van der Waals surface area contributed by atoms with E-state index in [2.05, 4.69) is 36.3 Å². The largest absolute Gasteiger partial charge is 0.399 e. The summed E-state index contributed by atoms with van der Waals surface area (Å²) < 4.78 is 1.78. The van der Waals surface area contributed by atoms with Crippen molar-refractivity contribution in [3.63, 3.8) is 0 Å². The molecule has 0 unspecified atom stereocenters. The Morgan fingerprint density at radius 3 is 2.79 bits per heavy atom. The third-order valence-corrected chi connectivity index (χ3v) is 3.63. The number of aromatic nitrogens is 4. The van der Waals surface area contributed by atoms with E-state index in [4.69, 9.17) is 17.3 Å². The maximum atomic E-state index is 6.20. The molecule has 1 heterocycles. The molecule has 2 rings (SSSR count). The molecule has 0 fully saturated rings. The van der Waals surface area contributed by atoms with E-state index in [1.165, 1.54) is 0 Å². The average molecular weight is 280 g/mol.